The smallest absolute Gasteiger partial charge is 0.165 e. The molecule has 2 N–H and O–H groups in total. The summed E-state index contributed by atoms with van der Waals surface area (Å²) in [7, 11) is 0. The molecule has 1 heterocycles. The molecule has 1 atom stereocenters. The van der Waals surface area contributed by atoms with Gasteiger partial charge in [-0.3, -0.25) is 0 Å². The van der Waals surface area contributed by atoms with Crippen LogP contribution in [0.5, 0.6) is 11.5 Å². The van der Waals surface area contributed by atoms with E-state index in [-0.39, 0.29) is 12.1 Å². The molecule has 4 heteroatoms. The summed E-state index contributed by atoms with van der Waals surface area (Å²) in [6.45, 7) is 1.91. The zero-order valence-corrected chi connectivity index (χ0v) is 13.0. The average molecular weight is 311 g/mol. The zero-order valence-electron chi connectivity index (χ0n) is 13.0. The lowest BCUT2D eigenvalue weighted by Gasteiger charge is -2.31. The third-order valence-corrected chi connectivity index (χ3v) is 4.89. The van der Waals surface area contributed by atoms with Crippen molar-refractivity contribution >= 4 is 0 Å². The molecule has 2 aliphatic rings. The van der Waals surface area contributed by atoms with Crippen LogP contribution in [-0.2, 0) is 18.5 Å². The Morgan fingerprint density at radius 1 is 1.04 bits per heavy atom. The molecule has 1 aliphatic carbocycles. The zero-order chi connectivity index (χ0) is 15.7. The SMILES string of the molecule is OCC1(NCc2cccc3c2OCCO3)CCc2ccccc21. The summed E-state index contributed by atoms with van der Waals surface area (Å²) in [6, 6.07) is 14.3. The maximum Gasteiger partial charge on any atom is 0.165 e. The number of benzene rings is 2. The summed E-state index contributed by atoms with van der Waals surface area (Å²) < 4.78 is 11.4. The average Bonchev–Trinajstić information content (AvgIpc) is 2.99. The Morgan fingerprint density at radius 2 is 1.91 bits per heavy atom. The molecule has 0 saturated carbocycles. The number of rotatable bonds is 4. The van der Waals surface area contributed by atoms with E-state index in [1.54, 1.807) is 0 Å². The van der Waals surface area contributed by atoms with Gasteiger partial charge in [-0.1, -0.05) is 36.4 Å². The van der Waals surface area contributed by atoms with Crippen LogP contribution in [0.3, 0.4) is 0 Å². The third-order valence-electron chi connectivity index (χ3n) is 4.89. The highest BCUT2D eigenvalue weighted by atomic mass is 16.6. The highest BCUT2D eigenvalue weighted by molar-refractivity contribution is 5.48. The van der Waals surface area contributed by atoms with E-state index in [0.717, 1.165) is 29.9 Å². The Labute approximate surface area is 136 Å². The van der Waals surface area contributed by atoms with E-state index in [1.165, 1.54) is 11.1 Å². The van der Waals surface area contributed by atoms with Crippen LogP contribution in [0, 0.1) is 0 Å². The van der Waals surface area contributed by atoms with Gasteiger partial charge in [-0.2, -0.15) is 0 Å². The molecule has 2 aromatic carbocycles. The third kappa shape index (κ3) is 2.48. The van der Waals surface area contributed by atoms with Crippen LogP contribution in [0.1, 0.15) is 23.1 Å². The van der Waals surface area contributed by atoms with Crippen LogP contribution in [0.15, 0.2) is 42.5 Å². The Morgan fingerprint density at radius 3 is 2.83 bits per heavy atom. The molecule has 2 aromatic rings. The molecular weight excluding hydrogens is 290 g/mol. The van der Waals surface area contributed by atoms with Gasteiger partial charge in [0.25, 0.3) is 0 Å². The van der Waals surface area contributed by atoms with Crippen LogP contribution >= 0.6 is 0 Å². The Balaban J connectivity index is 1.59. The molecule has 0 fully saturated rings. The molecule has 23 heavy (non-hydrogen) atoms. The van der Waals surface area contributed by atoms with Crippen LogP contribution in [-0.4, -0.2) is 24.9 Å². The van der Waals surface area contributed by atoms with Crippen LogP contribution in [0.4, 0.5) is 0 Å². The maximum absolute atomic E-state index is 10.1. The summed E-state index contributed by atoms with van der Waals surface area (Å²) in [5.74, 6) is 1.63. The van der Waals surface area contributed by atoms with Crippen molar-refractivity contribution in [2.45, 2.75) is 24.9 Å². The van der Waals surface area contributed by atoms with E-state index in [2.05, 4.69) is 23.5 Å². The fourth-order valence-electron chi connectivity index (χ4n) is 3.63. The Hall–Kier alpha value is -2.04. The van der Waals surface area contributed by atoms with Crippen molar-refractivity contribution in [3.05, 3.63) is 59.2 Å². The lowest BCUT2D eigenvalue weighted by molar-refractivity contribution is 0.154. The topological polar surface area (TPSA) is 50.7 Å². The normalized spacial score (nSPS) is 22.0. The number of aryl methyl sites for hydroxylation is 1. The molecule has 4 rings (SSSR count). The quantitative estimate of drug-likeness (QED) is 0.910. The van der Waals surface area contributed by atoms with E-state index in [0.29, 0.717) is 19.8 Å². The van der Waals surface area contributed by atoms with Gasteiger partial charge in [-0.15, -0.1) is 0 Å². The van der Waals surface area contributed by atoms with Crippen molar-refractivity contribution in [3.63, 3.8) is 0 Å². The standard InChI is InChI=1S/C19H21NO3/c21-13-19(9-8-14-4-1-2-6-16(14)19)20-12-15-5-3-7-17-18(15)23-11-10-22-17/h1-7,20-21H,8-13H2. The van der Waals surface area contributed by atoms with Gasteiger partial charge in [-0.25, -0.2) is 0 Å². The van der Waals surface area contributed by atoms with Gasteiger partial charge in [-0.05, 0) is 30.0 Å². The van der Waals surface area contributed by atoms with Crippen molar-refractivity contribution in [2.24, 2.45) is 0 Å². The highest BCUT2D eigenvalue weighted by Gasteiger charge is 2.37. The molecule has 120 valence electrons. The number of aliphatic hydroxyl groups excluding tert-OH is 1. The first kappa shape index (κ1) is 14.5. The van der Waals surface area contributed by atoms with Gasteiger partial charge in [0.2, 0.25) is 0 Å². The second-order valence-electron chi connectivity index (χ2n) is 6.19. The van der Waals surface area contributed by atoms with Crippen LogP contribution in [0.2, 0.25) is 0 Å². The van der Waals surface area contributed by atoms with Gasteiger partial charge < -0.3 is 19.9 Å². The van der Waals surface area contributed by atoms with E-state index in [1.807, 2.05) is 24.3 Å². The van der Waals surface area contributed by atoms with Crippen molar-refractivity contribution in [2.75, 3.05) is 19.8 Å². The monoisotopic (exact) mass is 311 g/mol. The summed E-state index contributed by atoms with van der Waals surface area (Å²) in [5.41, 5.74) is 3.24. The number of ether oxygens (including phenoxy) is 2. The molecule has 1 aliphatic heterocycles. The number of aliphatic hydroxyl groups is 1. The number of para-hydroxylation sites is 1. The van der Waals surface area contributed by atoms with Gasteiger partial charge in [0.05, 0.1) is 12.1 Å². The molecule has 1 unspecified atom stereocenters. The molecule has 0 bridgehead atoms. The van der Waals surface area contributed by atoms with Gasteiger partial charge >= 0.3 is 0 Å². The first-order chi connectivity index (χ1) is 11.3. The molecule has 0 spiro atoms. The second kappa shape index (κ2) is 5.87. The summed E-state index contributed by atoms with van der Waals surface area (Å²) in [5, 5.41) is 13.6. The summed E-state index contributed by atoms with van der Waals surface area (Å²) in [6.07, 6.45) is 1.91. The lowest BCUT2D eigenvalue weighted by Crippen LogP contribution is -2.43. The van der Waals surface area contributed by atoms with Crippen molar-refractivity contribution < 1.29 is 14.6 Å². The first-order valence-corrected chi connectivity index (χ1v) is 8.14. The molecule has 0 aromatic heterocycles. The van der Waals surface area contributed by atoms with Crippen LogP contribution < -0.4 is 14.8 Å². The van der Waals surface area contributed by atoms with Crippen molar-refractivity contribution in [1.29, 1.82) is 0 Å². The minimum Gasteiger partial charge on any atom is -0.486 e. The number of hydrogen-bond acceptors (Lipinski definition) is 4. The van der Waals surface area contributed by atoms with Gasteiger partial charge in [0, 0.05) is 12.1 Å². The predicted octanol–water partition coefficient (Wildman–Crippen LogP) is 2.38. The Kier molecular flexibility index (Phi) is 3.71. The number of nitrogens with one attached hydrogen (secondary N) is 1. The molecule has 0 saturated heterocycles. The lowest BCUT2D eigenvalue weighted by atomic mass is 9.92. The van der Waals surface area contributed by atoms with E-state index >= 15 is 0 Å². The fraction of sp³-hybridized carbons (Fsp3) is 0.368. The Bertz CT molecular complexity index is 716. The van der Waals surface area contributed by atoms with E-state index < -0.39 is 0 Å². The molecule has 0 radical (unpaired) electrons. The predicted molar refractivity (Wildman–Crippen MR) is 87.8 cm³/mol. The second-order valence-corrected chi connectivity index (χ2v) is 6.19. The molecule has 0 amide bonds. The van der Waals surface area contributed by atoms with Crippen molar-refractivity contribution in [3.8, 4) is 11.5 Å². The van der Waals surface area contributed by atoms with Gasteiger partial charge in [0.15, 0.2) is 11.5 Å². The highest BCUT2D eigenvalue weighted by Crippen LogP contribution is 2.38. The summed E-state index contributed by atoms with van der Waals surface area (Å²) in [4.78, 5) is 0. The minimum atomic E-state index is -0.366. The minimum absolute atomic E-state index is 0.0936. The first-order valence-electron chi connectivity index (χ1n) is 8.14. The fourth-order valence-corrected chi connectivity index (χ4v) is 3.63. The van der Waals surface area contributed by atoms with E-state index in [9.17, 15) is 5.11 Å². The maximum atomic E-state index is 10.1. The molecule has 4 nitrogen and oxygen atoms in total. The van der Waals surface area contributed by atoms with Crippen LogP contribution in [0.25, 0.3) is 0 Å². The van der Waals surface area contributed by atoms with Crippen molar-refractivity contribution in [1.82, 2.24) is 5.32 Å². The number of hydrogen-bond donors (Lipinski definition) is 2. The number of fused-ring (bicyclic) bond motifs is 2. The largest absolute Gasteiger partial charge is 0.486 e. The summed E-state index contributed by atoms with van der Waals surface area (Å²) >= 11 is 0. The van der Waals surface area contributed by atoms with Gasteiger partial charge in [0.1, 0.15) is 13.2 Å². The van der Waals surface area contributed by atoms with E-state index in [4.69, 9.17) is 9.47 Å². The molecular formula is C19H21NO3.